The monoisotopic (exact) mass is 325 g/mol. The number of carbonyl (C=O) groups excluding carboxylic acids is 1. The van der Waals surface area contributed by atoms with Crippen LogP contribution < -0.4 is 5.32 Å². The number of hydrogen-bond donors (Lipinski definition) is 2. The molecule has 0 unspecified atom stereocenters. The summed E-state index contributed by atoms with van der Waals surface area (Å²) in [5, 5.41) is 15.4. The van der Waals surface area contributed by atoms with Gasteiger partial charge in [0.25, 0.3) is 5.95 Å². The second-order valence-corrected chi connectivity index (χ2v) is 6.11. The Labute approximate surface area is 138 Å². The average molecular weight is 325 g/mol. The van der Waals surface area contributed by atoms with Gasteiger partial charge in [-0.15, -0.1) is 5.10 Å². The van der Waals surface area contributed by atoms with E-state index in [0.29, 0.717) is 19.0 Å². The van der Waals surface area contributed by atoms with Crippen molar-refractivity contribution in [1.29, 1.82) is 0 Å². The lowest BCUT2D eigenvalue weighted by Gasteiger charge is -2.31. The number of aromatic nitrogens is 5. The van der Waals surface area contributed by atoms with Gasteiger partial charge in [0.2, 0.25) is 0 Å². The Morgan fingerprint density at radius 3 is 2.79 bits per heavy atom. The third kappa shape index (κ3) is 2.82. The number of anilines is 1. The summed E-state index contributed by atoms with van der Waals surface area (Å²) in [4.78, 5) is 18.9. The molecule has 1 aromatic carbocycles. The van der Waals surface area contributed by atoms with Gasteiger partial charge in [-0.3, -0.25) is 5.32 Å². The summed E-state index contributed by atoms with van der Waals surface area (Å²) >= 11 is 0. The van der Waals surface area contributed by atoms with Crippen LogP contribution in [-0.2, 0) is 7.05 Å². The van der Waals surface area contributed by atoms with Crippen molar-refractivity contribution >= 4 is 22.9 Å². The van der Waals surface area contributed by atoms with Crippen molar-refractivity contribution in [2.75, 3.05) is 18.4 Å². The largest absolute Gasteiger partial charge is 0.358 e. The molecule has 1 aliphatic rings. The summed E-state index contributed by atoms with van der Waals surface area (Å²) in [6, 6.07) is 10.3. The van der Waals surface area contributed by atoms with E-state index in [0.717, 1.165) is 12.8 Å². The first-order valence-corrected chi connectivity index (χ1v) is 8.06. The van der Waals surface area contributed by atoms with Gasteiger partial charge in [-0.1, -0.05) is 23.3 Å². The van der Waals surface area contributed by atoms with Crippen molar-refractivity contribution in [3.8, 4) is 0 Å². The maximum Gasteiger partial charge on any atom is 0.324 e. The fourth-order valence-corrected chi connectivity index (χ4v) is 3.22. The number of para-hydroxylation sites is 1. The third-order valence-electron chi connectivity index (χ3n) is 4.50. The molecule has 0 saturated carbocycles. The lowest BCUT2D eigenvalue weighted by molar-refractivity contribution is 0.194. The number of piperidine rings is 1. The van der Waals surface area contributed by atoms with Crippen molar-refractivity contribution in [2.45, 2.75) is 18.8 Å². The van der Waals surface area contributed by atoms with Crippen LogP contribution in [0.25, 0.3) is 10.9 Å². The first kappa shape index (κ1) is 14.7. The molecule has 0 radical (unpaired) electrons. The number of aromatic amines is 1. The van der Waals surface area contributed by atoms with E-state index < -0.39 is 0 Å². The Morgan fingerprint density at radius 2 is 2.08 bits per heavy atom. The van der Waals surface area contributed by atoms with Crippen LogP contribution in [0.15, 0.2) is 30.3 Å². The third-order valence-corrected chi connectivity index (χ3v) is 4.50. The van der Waals surface area contributed by atoms with Crippen LogP contribution in [0.2, 0.25) is 0 Å². The number of carbonyl (C=O) groups is 1. The molecule has 4 rings (SSSR count). The van der Waals surface area contributed by atoms with Crippen molar-refractivity contribution in [3.05, 3.63) is 36.0 Å². The van der Waals surface area contributed by atoms with Gasteiger partial charge in [-0.05, 0) is 35.6 Å². The molecule has 124 valence electrons. The maximum atomic E-state index is 12.3. The van der Waals surface area contributed by atoms with Crippen molar-refractivity contribution in [3.63, 3.8) is 0 Å². The summed E-state index contributed by atoms with van der Waals surface area (Å²) in [5.41, 5.74) is 2.42. The number of nitrogens with one attached hydrogen (secondary N) is 2. The highest BCUT2D eigenvalue weighted by molar-refractivity contribution is 5.87. The van der Waals surface area contributed by atoms with E-state index in [1.54, 1.807) is 11.9 Å². The number of likely N-dealkylation sites (tertiary alicyclic amines) is 1. The molecule has 0 spiro atoms. The molecule has 1 fully saturated rings. The number of tetrazole rings is 1. The molecule has 0 bridgehead atoms. The number of fused-ring (bicyclic) bond motifs is 1. The van der Waals surface area contributed by atoms with E-state index in [1.807, 2.05) is 12.1 Å². The predicted molar refractivity (Wildman–Crippen MR) is 89.7 cm³/mol. The molecule has 2 amide bonds. The van der Waals surface area contributed by atoms with Crippen LogP contribution in [0.1, 0.15) is 24.5 Å². The minimum atomic E-state index is -0.168. The first-order valence-electron chi connectivity index (χ1n) is 8.06. The highest BCUT2D eigenvalue weighted by Crippen LogP contribution is 2.30. The molecule has 2 aromatic heterocycles. The topological polar surface area (TPSA) is 91.7 Å². The van der Waals surface area contributed by atoms with Gasteiger partial charge in [-0.25, -0.2) is 4.79 Å². The van der Waals surface area contributed by atoms with Crippen molar-refractivity contribution in [2.24, 2.45) is 7.05 Å². The van der Waals surface area contributed by atoms with E-state index in [2.05, 4.69) is 43.9 Å². The standard InChI is InChI=1S/C16H19N7O/c1-22-20-15(19-21-22)18-16(24)23-8-6-11(7-9-23)14-10-12-4-2-3-5-13(12)17-14/h2-5,10-11,17H,6-9H2,1H3,(H,18,20,24). The number of amides is 2. The number of H-pyrrole nitrogens is 1. The number of aryl methyl sites for hydroxylation is 1. The molecule has 3 aromatic rings. The zero-order valence-electron chi connectivity index (χ0n) is 13.4. The Morgan fingerprint density at radius 1 is 1.29 bits per heavy atom. The minimum absolute atomic E-state index is 0.168. The molecule has 2 N–H and O–H groups in total. The summed E-state index contributed by atoms with van der Waals surface area (Å²) < 4.78 is 0. The normalized spacial score (nSPS) is 15.8. The fraction of sp³-hybridized carbons (Fsp3) is 0.375. The zero-order valence-corrected chi connectivity index (χ0v) is 13.4. The summed E-state index contributed by atoms with van der Waals surface area (Å²) in [6.45, 7) is 1.43. The summed E-state index contributed by atoms with van der Waals surface area (Å²) in [7, 11) is 1.66. The first-order chi connectivity index (χ1) is 11.7. The van der Waals surface area contributed by atoms with Crippen LogP contribution in [0.5, 0.6) is 0 Å². The lowest BCUT2D eigenvalue weighted by atomic mass is 9.94. The van der Waals surface area contributed by atoms with Gasteiger partial charge in [-0.2, -0.15) is 4.80 Å². The molecule has 8 nitrogen and oxygen atoms in total. The van der Waals surface area contributed by atoms with Crippen molar-refractivity contribution < 1.29 is 4.79 Å². The smallest absolute Gasteiger partial charge is 0.324 e. The van der Waals surface area contributed by atoms with Gasteiger partial charge in [0.1, 0.15) is 0 Å². The van der Waals surface area contributed by atoms with Gasteiger partial charge < -0.3 is 9.88 Å². The van der Waals surface area contributed by atoms with Gasteiger partial charge in [0.05, 0.1) is 7.05 Å². The van der Waals surface area contributed by atoms with E-state index in [-0.39, 0.29) is 12.0 Å². The van der Waals surface area contributed by atoms with Crippen LogP contribution in [0.3, 0.4) is 0 Å². The number of benzene rings is 1. The molecule has 1 aliphatic heterocycles. The Balaban J connectivity index is 1.38. The summed E-state index contributed by atoms with van der Waals surface area (Å²) in [6.07, 6.45) is 1.88. The van der Waals surface area contributed by atoms with E-state index in [9.17, 15) is 4.79 Å². The Kier molecular flexibility index (Phi) is 3.64. The zero-order chi connectivity index (χ0) is 16.5. The number of nitrogens with zero attached hydrogens (tertiary/aromatic N) is 5. The minimum Gasteiger partial charge on any atom is -0.358 e. The average Bonchev–Trinajstić information content (AvgIpc) is 3.21. The summed E-state index contributed by atoms with van der Waals surface area (Å²) in [5.74, 6) is 0.691. The Bertz CT molecular complexity index is 827. The highest BCUT2D eigenvalue weighted by Gasteiger charge is 2.25. The van der Waals surface area contributed by atoms with Crippen LogP contribution in [0, 0.1) is 0 Å². The number of urea groups is 1. The molecule has 0 aliphatic carbocycles. The lowest BCUT2D eigenvalue weighted by Crippen LogP contribution is -2.40. The molecular weight excluding hydrogens is 306 g/mol. The molecule has 8 heteroatoms. The molecule has 1 saturated heterocycles. The predicted octanol–water partition coefficient (Wildman–Crippen LogP) is 2.10. The molecular formula is C16H19N7O. The molecule has 0 atom stereocenters. The highest BCUT2D eigenvalue weighted by atomic mass is 16.2. The van der Waals surface area contributed by atoms with Gasteiger partial charge in [0.15, 0.2) is 0 Å². The quantitative estimate of drug-likeness (QED) is 0.755. The van der Waals surface area contributed by atoms with E-state index in [4.69, 9.17) is 0 Å². The SMILES string of the molecule is Cn1nnc(NC(=O)N2CCC(c3cc4ccccc4[nH]3)CC2)n1. The van der Waals surface area contributed by atoms with Crippen molar-refractivity contribution in [1.82, 2.24) is 30.1 Å². The van der Waals surface area contributed by atoms with Crippen LogP contribution in [0.4, 0.5) is 10.7 Å². The number of rotatable bonds is 2. The maximum absolute atomic E-state index is 12.3. The second kappa shape index (κ2) is 5.95. The van der Waals surface area contributed by atoms with Crippen LogP contribution in [-0.4, -0.2) is 49.2 Å². The number of hydrogen-bond acceptors (Lipinski definition) is 4. The van der Waals surface area contributed by atoms with Crippen LogP contribution >= 0.6 is 0 Å². The van der Waals surface area contributed by atoms with Gasteiger partial charge >= 0.3 is 6.03 Å². The fourth-order valence-electron chi connectivity index (χ4n) is 3.22. The van der Waals surface area contributed by atoms with E-state index in [1.165, 1.54) is 21.4 Å². The van der Waals surface area contributed by atoms with Gasteiger partial charge in [0, 0.05) is 30.2 Å². The molecule has 24 heavy (non-hydrogen) atoms. The van der Waals surface area contributed by atoms with E-state index >= 15 is 0 Å². The Hall–Kier alpha value is -2.90. The molecule has 3 heterocycles. The second-order valence-electron chi connectivity index (χ2n) is 6.11.